The van der Waals surface area contributed by atoms with Crippen molar-refractivity contribution in [2.45, 2.75) is 13.5 Å². The lowest BCUT2D eigenvalue weighted by molar-refractivity contribution is 0.472. The van der Waals surface area contributed by atoms with Crippen LogP contribution in [0.2, 0.25) is 0 Å². The maximum atomic E-state index is 13.4. The van der Waals surface area contributed by atoms with Gasteiger partial charge in [0.15, 0.2) is 0 Å². The molecule has 0 saturated heterocycles. The van der Waals surface area contributed by atoms with Gasteiger partial charge in [-0.25, -0.2) is 4.39 Å². The molecule has 0 heterocycles. The van der Waals surface area contributed by atoms with E-state index in [9.17, 15) is 4.39 Å². The van der Waals surface area contributed by atoms with Crippen molar-refractivity contribution in [3.63, 3.8) is 0 Å². The highest BCUT2D eigenvalue weighted by molar-refractivity contribution is 5.38. The molecular formula is C15H16FNO. The molecule has 0 spiro atoms. The van der Waals surface area contributed by atoms with Crippen LogP contribution in [-0.2, 0) is 6.54 Å². The lowest BCUT2D eigenvalue weighted by Gasteiger charge is -2.10. The first-order valence-corrected chi connectivity index (χ1v) is 5.86. The van der Waals surface area contributed by atoms with Gasteiger partial charge in [-0.2, -0.15) is 0 Å². The molecule has 0 aliphatic carbocycles. The first-order valence-electron chi connectivity index (χ1n) is 5.86. The summed E-state index contributed by atoms with van der Waals surface area (Å²) in [6, 6.07) is 12.4. The average Bonchev–Trinajstić information content (AvgIpc) is 2.32. The fourth-order valence-electron chi connectivity index (χ4n) is 1.78. The smallest absolute Gasteiger partial charge is 0.130 e. The molecule has 0 atom stereocenters. The number of hydrogen-bond donors (Lipinski definition) is 1. The minimum absolute atomic E-state index is 0.286. The Labute approximate surface area is 106 Å². The highest BCUT2D eigenvalue weighted by Gasteiger charge is 2.04. The largest absolute Gasteiger partial charge is 0.457 e. The van der Waals surface area contributed by atoms with Crippen LogP contribution in [0.3, 0.4) is 0 Å². The van der Waals surface area contributed by atoms with Crippen molar-refractivity contribution in [3.05, 3.63) is 59.4 Å². The van der Waals surface area contributed by atoms with Gasteiger partial charge >= 0.3 is 0 Å². The number of para-hydroxylation sites is 1. The molecule has 0 radical (unpaired) electrons. The van der Waals surface area contributed by atoms with Gasteiger partial charge in [-0.15, -0.1) is 0 Å². The van der Waals surface area contributed by atoms with E-state index in [0.29, 0.717) is 12.3 Å². The summed E-state index contributed by atoms with van der Waals surface area (Å²) in [6.45, 7) is 2.57. The molecule has 0 amide bonds. The van der Waals surface area contributed by atoms with Crippen molar-refractivity contribution in [2.24, 2.45) is 0 Å². The van der Waals surface area contributed by atoms with Crippen LogP contribution in [0.5, 0.6) is 11.5 Å². The summed E-state index contributed by atoms with van der Waals surface area (Å²) in [5.41, 5.74) is 1.89. The van der Waals surface area contributed by atoms with Gasteiger partial charge in [-0.05, 0) is 43.3 Å². The average molecular weight is 245 g/mol. The highest BCUT2D eigenvalue weighted by atomic mass is 19.1. The quantitative estimate of drug-likeness (QED) is 0.887. The molecule has 2 rings (SSSR count). The van der Waals surface area contributed by atoms with Crippen LogP contribution in [0, 0.1) is 12.7 Å². The molecule has 2 nitrogen and oxygen atoms in total. The van der Waals surface area contributed by atoms with Crippen molar-refractivity contribution < 1.29 is 9.13 Å². The lowest BCUT2D eigenvalue weighted by atomic mass is 10.2. The van der Waals surface area contributed by atoms with E-state index < -0.39 is 0 Å². The van der Waals surface area contributed by atoms with E-state index in [1.165, 1.54) is 12.1 Å². The Balaban J connectivity index is 2.26. The number of benzene rings is 2. The second-order valence-corrected chi connectivity index (χ2v) is 4.19. The van der Waals surface area contributed by atoms with E-state index in [-0.39, 0.29) is 5.82 Å². The molecule has 3 heteroatoms. The maximum Gasteiger partial charge on any atom is 0.130 e. The molecule has 0 aliphatic rings. The Bertz CT molecular complexity index is 540. The van der Waals surface area contributed by atoms with Gasteiger partial charge in [0.1, 0.15) is 17.3 Å². The third-order valence-electron chi connectivity index (χ3n) is 2.63. The molecule has 18 heavy (non-hydrogen) atoms. The van der Waals surface area contributed by atoms with Crippen molar-refractivity contribution >= 4 is 0 Å². The molecule has 0 bridgehead atoms. The summed E-state index contributed by atoms with van der Waals surface area (Å²) in [5.74, 6) is 0.986. The SMILES string of the molecule is CNCc1cc(F)cc(Oc2ccccc2C)c1. The first-order chi connectivity index (χ1) is 8.69. The highest BCUT2D eigenvalue weighted by Crippen LogP contribution is 2.26. The van der Waals surface area contributed by atoms with Crippen molar-refractivity contribution in [3.8, 4) is 11.5 Å². The van der Waals surface area contributed by atoms with Crippen LogP contribution in [0.1, 0.15) is 11.1 Å². The van der Waals surface area contributed by atoms with Gasteiger partial charge in [0.25, 0.3) is 0 Å². The van der Waals surface area contributed by atoms with Gasteiger partial charge in [-0.3, -0.25) is 0 Å². The summed E-state index contributed by atoms with van der Waals surface area (Å²) < 4.78 is 19.2. The Morgan fingerprint density at radius 2 is 1.94 bits per heavy atom. The lowest BCUT2D eigenvalue weighted by Crippen LogP contribution is -2.05. The van der Waals surface area contributed by atoms with E-state index >= 15 is 0 Å². The van der Waals surface area contributed by atoms with E-state index in [0.717, 1.165) is 16.9 Å². The maximum absolute atomic E-state index is 13.4. The Morgan fingerprint density at radius 1 is 1.17 bits per heavy atom. The van der Waals surface area contributed by atoms with Crippen molar-refractivity contribution in [1.82, 2.24) is 5.32 Å². The van der Waals surface area contributed by atoms with E-state index in [1.54, 1.807) is 0 Å². The number of rotatable bonds is 4. The van der Waals surface area contributed by atoms with Gasteiger partial charge in [-0.1, -0.05) is 18.2 Å². The summed E-state index contributed by atoms with van der Waals surface area (Å²) in [7, 11) is 1.83. The summed E-state index contributed by atoms with van der Waals surface area (Å²) in [5, 5.41) is 2.99. The molecule has 0 fully saturated rings. The molecular weight excluding hydrogens is 229 g/mol. The zero-order valence-electron chi connectivity index (χ0n) is 10.5. The Morgan fingerprint density at radius 3 is 2.67 bits per heavy atom. The summed E-state index contributed by atoms with van der Waals surface area (Å²) in [4.78, 5) is 0. The second-order valence-electron chi connectivity index (χ2n) is 4.19. The number of halogens is 1. The third kappa shape index (κ3) is 3.08. The molecule has 0 aliphatic heterocycles. The zero-order valence-corrected chi connectivity index (χ0v) is 10.5. The zero-order chi connectivity index (χ0) is 13.0. The van der Waals surface area contributed by atoms with E-state index in [1.807, 2.05) is 44.3 Å². The summed E-state index contributed by atoms with van der Waals surface area (Å²) in [6.07, 6.45) is 0. The van der Waals surface area contributed by atoms with Crippen LogP contribution in [0.15, 0.2) is 42.5 Å². The molecule has 2 aromatic rings. The molecule has 0 aromatic heterocycles. The first kappa shape index (κ1) is 12.6. The predicted octanol–water partition coefficient (Wildman–Crippen LogP) is 3.65. The van der Waals surface area contributed by atoms with Crippen molar-refractivity contribution in [2.75, 3.05) is 7.05 Å². The predicted molar refractivity (Wildman–Crippen MR) is 70.4 cm³/mol. The minimum Gasteiger partial charge on any atom is -0.457 e. The molecule has 1 N–H and O–H groups in total. The second kappa shape index (κ2) is 5.65. The van der Waals surface area contributed by atoms with E-state index in [2.05, 4.69) is 5.32 Å². The number of ether oxygens (including phenoxy) is 1. The normalized spacial score (nSPS) is 10.4. The Hall–Kier alpha value is -1.87. The minimum atomic E-state index is -0.286. The van der Waals surface area contributed by atoms with Gasteiger partial charge in [0.2, 0.25) is 0 Å². The van der Waals surface area contributed by atoms with Gasteiger partial charge in [0.05, 0.1) is 0 Å². The summed E-state index contributed by atoms with van der Waals surface area (Å²) >= 11 is 0. The van der Waals surface area contributed by atoms with Crippen LogP contribution >= 0.6 is 0 Å². The Kier molecular flexibility index (Phi) is 3.95. The number of nitrogens with one attached hydrogen (secondary N) is 1. The number of aryl methyl sites for hydroxylation is 1. The fourth-order valence-corrected chi connectivity index (χ4v) is 1.78. The van der Waals surface area contributed by atoms with Gasteiger partial charge < -0.3 is 10.1 Å². The standard InChI is InChI=1S/C15H16FNO/c1-11-5-3-4-6-15(11)18-14-8-12(10-17-2)7-13(16)9-14/h3-9,17H,10H2,1-2H3. The monoisotopic (exact) mass is 245 g/mol. The van der Waals surface area contributed by atoms with E-state index in [4.69, 9.17) is 4.74 Å². The van der Waals surface area contributed by atoms with Crippen molar-refractivity contribution in [1.29, 1.82) is 0 Å². The fraction of sp³-hybridized carbons (Fsp3) is 0.200. The van der Waals surface area contributed by atoms with Crippen LogP contribution in [-0.4, -0.2) is 7.05 Å². The third-order valence-corrected chi connectivity index (χ3v) is 2.63. The van der Waals surface area contributed by atoms with Gasteiger partial charge in [0, 0.05) is 12.6 Å². The molecule has 94 valence electrons. The van der Waals surface area contributed by atoms with Crippen LogP contribution in [0.25, 0.3) is 0 Å². The molecule has 0 saturated carbocycles. The van der Waals surface area contributed by atoms with Crippen LogP contribution in [0.4, 0.5) is 4.39 Å². The number of hydrogen-bond acceptors (Lipinski definition) is 2. The molecule has 0 unspecified atom stereocenters. The van der Waals surface area contributed by atoms with Crippen LogP contribution < -0.4 is 10.1 Å². The molecule has 2 aromatic carbocycles. The topological polar surface area (TPSA) is 21.3 Å².